The molecule has 6 nitrogen and oxygen atoms in total. The summed E-state index contributed by atoms with van der Waals surface area (Å²) in [5.74, 6) is 0.634. The van der Waals surface area contributed by atoms with E-state index < -0.39 is 12.1 Å². The van der Waals surface area contributed by atoms with E-state index in [1.165, 1.54) is 7.11 Å². The Morgan fingerprint density at radius 1 is 1.00 bits per heavy atom. The molecule has 8 heteroatoms. The Morgan fingerprint density at radius 2 is 1.66 bits per heavy atom. The van der Waals surface area contributed by atoms with Gasteiger partial charge in [0.05, 0.1) is 20.6 Å². The summed E-state index contributed by atoms with van der Waals surface area (Å²) >= 11 is 12.7. The van der Waals surface area contributed by atoms with Gasteiger partial charge in [-0.15, -0.1) is 0 Å². The summed E-state index contributed by atoms with van der Waals surface area (Å²) in [6.45, 7) is 0. The van der Waals surface area contributed by atoms with Crippen molar-refractivity contribution in [1.29, 1.82) is 0 Å². The van der Waals surface area contributed by atoms with E-state index in [1.807, 2.05) is 0 Å². The first-order chi connectivity index (χ1) is 15.4. The van der Waals surface area contributed by atoms with E-state index in [0.717, 1.165) is 11.8 Å². The average Bonchev–Trinajstić information content (AvgIpc) is 2.80. The van der Waals surface area contributed by atoms with Crippen molar-refractivity contribution in [2.45, 2.75) is 18.9 Å². The molecule has 1 atom stereocenters. The molecule has 0 bridgehead atoms. The molecule has 166 valence electrons. The number of hydrogen-bond acceptors (Lipinski definition) is 5. The van der Waals surface area contributed by atoms with Crippen LogP contribution in [0.4, 0.5) is 0 Å². The summed E-state index contributed by atoms with van der Waals surface area (Å²) in [5, 5.41) is 0.868. The quantitative estimate of drug-likeness (QED) is 0.331. The van der Waals surface area contributed by atoms with Gasteiger partial charge in [0.1, 0.15) is 22.4 Å². The number of halogens is 2. The number of methoxy groups -OCH3 is 2. The number of rotatable bonds is 9. The molecule has 1 N–H and O–H groups in total. The summed E-state index contributed by atoms with van der Waals surface area (Å²) in [5.41, 5.74) is 2.62. The third-order valence-electron chi connectivity index (χ3n) is 4.90. The summed E-state index contributed by atoms with van der Waals surface area (Å²) in [4.78, 5) is 26.5. The molecule has 32 heavy (non-hydrogen) atoms. The lowest BCUT2D eigenvalue weighted by atomic mass is 10.0. The van der Waals surface area contributed by atoms with Gasteiger partial charge in [-0.2, -0.15) is 0 Å². The zero-order valence-corrected chi connectivity index (χ0v) is 19.1. The van der Waals surface area contributed by atoms with E-state index in [0.29, 0.717) is 38.2 Å². The van der Waals surface area contributed by atoms with Crippen molar-refractivity contribution in [3.05, 3.63) is 87.2 Å². The molecular formula is C24H22Cl2NO5+. The highest BCUT2D eigenvalue weighted by molar-refractivity contribution is 6.35. The van der Waals surface area contributed by atoms with E-state index in [-0.39, 0.29) is 12.8 Å². The van der Waals surface area contributed by atoms with Crippen molar-refractivity contribution in [3.8, 4) is 11.5 Å². The second-order valence-corrected chi connectivity index (χ2v) is 7.78. The molecule has 3 rings (SSSR count). The average molecular weight is 475 g/mol. The Labute approximate surface area is 196 Å². The molecule has 2 aromatic carbocycles. The van der Waals surface area contributed by atoms with Gasteiger partial charge in [0.15, 0.2) is 23.9 Å². The zero-order chi connectivity index (χ0) is 23.1. The lowest BCUT2D eigenvalue weighted by Crippen LogP contribution is -2.17. The van der Waals surface area contributed by atoms with E-state index in [4.69, 9.17) is 37.4 Å². The van der Waals surface area contributed by atoms with Crippen molar-refractivity contribution in [1.82, 2.24) is 0 Å². The molecule has 1 heterocycles. The van der Waals surface area contributed by atoms with Crippen molar-refractivity contribution >= 4 is 35.5 Å². The number of aromatic amines is 1. The van der Waals surface area contributed by atoms with Gasteiger partial charge in [-0.1, -0.05) is 53.5 Å². The van der Waals surface area contributed by atoms with Gasteiger partial charge in [0.25, 0.3) is 0 Å². The summed E-state index contributed by atoms with van der Waals surface area (Å²) in [6.07, 6.45) is 3.62. The largest absolute Gasteiger partial charge is 0.493 e. The molecule has 0 radical (unpaired) electrons. The van der Waals surface area contributed by atoms with Crippen molar-refractivity contribution in [3.63, 3.8) is 0 Å². The maximum absolute atomic E-state index is 12.8. The van der Waals surface area contributed by atoms with Crippen LogP contribution in [0.25, 0.3) is 0 Å². The van der Waals surface area contributed by atoms with Gasteiger partial charge in [-0.05, 0) is 23.3 Å². The molecule has 0 unspecified atom stereocenters. The molecule has 0 fully saturated rings. The SMILES string of the molecule is COc1ccc([C@H](Cc2c(Cl)c[nH+]cc2Cl)OC(=O)Cc2ccc(C=O)cc2)cc1OC. The number of benzene rings is 2. The number of ether oxygens (including phenoxy) is 3. The number of hydrogen-bond donors (Lipinski definition) is 0. The van der Waals surface area contributed by atoms with Crippen LogP contribution in [0.2, 0.25) is 10.0 Å². The van der Waals surface area contributed by atoms with Gasteiger partial charge in [0.2, 0.25) is 0 Å². The van der Waals surface area contributed by atoms with Gasteiger partial charge in [0, 0.05) is 17.5 Å². The van der Waals surface area contributed by atoms with E-state index >= 15 is 0 Å². The zero-order valence-electron chi connectivity index (χ0n) is 17.6. The monoisotopic (exact) mass is 474 g/mol. The van der Waals surface area contributed by atoms with Crippen molar-refractivity contribution < 1.29 is 28.8 Å². The first kappa shape index (κ1) is 23.6. The van der Waals surface area contributed by atoms with Crippen LogP contribution in [0.1, 0.15) is 33.2 Å². The Bertz CT molecular complexity index is 1080. The second-order valence-electron chi connectivity index (χ2n) is 6.96. The number of aromatic nitrogens is 1. The molecule has 1 aromatic heterocycles. The minimum Gasteiger partial charge on any atom is -0.493 e. The van der Waals surface area contributed by atoms with Crippen LogP contribution in [-0.4, -0.2) is 26.5 Å². The molecule has 0 spiro atoms. The molecule has 0 amide bonds. The lowest BCUT2D eigenvalue weighted by molar-refractivity contribution is -0.377. The van der Waals surface area contributed by atoms with Gasteiger partial charge in [-0.3, -0.25) is 9.59 Å². The number of H-pyrrole nitrogens is 1. The summed E-state index contributed by atoms with van der Waals surface area (Å²) in [7, 11) is 3.08. The fraction of sp³-hybridized carbons (Fsp3) is 0.208. The first-order valence-corrected chi connectivity index (χ1v) is 10.5. The van der Waals surface area contributed by atoms with E-state index in [2.05, 4.69) is 4.98 Å². The molecule has 0 saturated carbocycles. The van der Waals surface area contributed by atoms with Crippen LogP contribution in [0, 0.1) is 0 Å². The van der Waals surface area contributed by atoms with Gasteiger partial charge >= 0.3 is 5.97 Å². The van der Waals surface area contributed by atoms with Crippen LogP contribution >= 0.6 is 23.2 Å². The van der Waals surface area contributed by atoms with Gasteiger partial charge in [-0.25, -0.2) is 4.98 Å². The fourth-order valence-electron chi connectivity index (χ4n) is 3.22. The predicted octanol–water partition coefficient (Wildman–Crippen LogP) is 4.71. The Balaban J connectivity index is 1.89. The predicted molar refractivity (Wildman–Crippen MR) is 121 cm³/mol. The molecular weight excluding hydrogens is 453 g/mol. The minimum absolute atomic E-state index is 0.0486. The molecule has 0 aliphatic carbocycles. The third kappa shape index (κ3) is 5.78. The Morgan fingerprint density at radius 3 is 2.25 bits per heavy atom. The van der Waals surface area contributed by atoms with Crippen molar-refractivity contribution in [2.24, 2.45) is 0 Å². The number of carbonyl (C=O) groups is 2. The Hall–Kier alpha value is -3.09. The first-order valence-electron chi connectivity index (χ1n) is 9.74. The molecule has 0 aliphatic rings. The van der Waals surface area contributed by atoms with Crippen LogP contribution in [-0.2, 0) is 22.4 Å². The number of pyridine rings is 1. The Kier molecular flexibility index (Phi) is 8.09. The summed E-state index contributed by atoms with van der Waals surface area (Å²) in [6, 6.07) is 12.0. The van der Waals surface area contributed by atoms with Crippen molar-refractivity contribution in [2.75, 3.05) is 14.2 Å². The lowest BCUT2D eigenvalue weighted by Gasteiger charge is -2.20. The number of esters is 1. The van der Waals surface area contributed by atoms with Crippen LogP contribution in [0.15, 0.2) is 54.9 Å². The van der Waals surface area contributed by atoms with Crippen LogP contribution in [0.5, 0.6) is 11.5 Å². The minimum atomic E-state index is -0.672. The van der Waals surface area contributed by atoms with Gasteiger partial charge < -0.3 is 14.2 Å². The topological polar surface area (TPSA) is 76.0 Å². The third-order valence-corrected chi connectivity index (χ3v) is 5.58. The van der Waals surface area contributed by atoms with Crippen LogP contribution < -0.4 is 14.5 Å². The standard InChI is InChI=1S/C24H21Cl2NO5/c1-30-21-8-7-17(10-23(21)31-2)22(11-18-19(25)12-27-13-20(18)26)32-24(29)9-15-3-5-16(14-28)6-4-15/h3-8,10,12-14,22H,9,11H2,1-2H3/p+1/t22-/m0/s1. The number of nitrogens with one attached hydrogen (secondary N) is 1. The highest BCUT2D eigenvalue weighted by atomic mass is 35.5. The molecule has 3 aromatic rings. The second kappa shape index (κ2) is 11.0. The fourth-order valence-corrected chi connectivity index (χ4v) is 3.75. The normalized spacial score (nSPS) is 11.5. The molecule has 0 saturated heterocycles. The van der Waals surface area contributed by atoms with E-state index in [9.17, 15) is 9.59 Å². The van der Waals surface area contributed by atoms with Crippen LogP contribution in [0.3, 0.4) is 0 Å². The highest BCUT2D eigenvalue weighted by Gasteiger charge is 2.23. The summed E-state index contributed by atoms with van der Waals surface area (Å²) < 4.78 is 16.6. The maximum Gasteiger partial charge on any atom is 0.310 e. The highest BCUT2D eigenvalue weighted by Crippen LogP contribution is 2.35. The number of carbonyl (C=O) groups excluding carboxylic acids is 2. The van der Waals surface area contributed by atoms with E-state index in [1.54, 1.807) is 62.0 Å². The molecule has 0 aliphatic heterocycles. The maximum atomic E-state index is 12.8. The number of aldehydes is 1. The smallest absolute Gasteiger partial charge is 0.310 e.